The Kier molecular flexibility index (Phi) is 5.73. The summed E-state index contributed by atoms with van der Waals surface area (Å²) in [6, 6.07) is 4.79. The van der Waals surface area contributed by atoms with Gasteiger partial charge >= 0.3 is 6.03 Å². The zero-order valence-corrected chi connectivity index (χ0v) is 13.4. The van der Waals surface area contributed by atoms with E-state index in [4.69, 9.17) is 23.2 Å². The Morgan fingerprint density at radius 2 is 2.19 bits per heavy atom. The maximum atomic E-state index is 11.9. The number of halogens is 2. The van der Waals surface area contributed by atoms with Crippen LogP contribution in [0.1, 0.15) is 37.8 Å². The van der Waals surface area contributed by atoms with Gasteiger partial charge in [0, 0.05) is 16.6 Å². The van der Waals surface area contributed by atoms with Crippen LogP contribution in [0, 0.1) is 5.92 Å². The van der Waals surface area contributed by atoms with Crippen LogP contribution >= 0.6 is 23.2 Å². The number of nitrogens with one attached hydrogen (secondary N) is 2. The molecule has 2 amide bonds. The van der Waals surface area contributed by atoms with Crippen molar-refractivity contribution in [3.05, 3.63) is 33.8 Å². The number of amides is 2. The molecule has 0 bridgehead atoms. The van der Waals surface area contributed by atoms with Crippen molar-refractivity contribution in [2.45, 2.75) is 38.3 Å². The molecule has 0 aromatic heterocycles. The fraction of sp³-hybridized carbons (Fsp3) is 0.533. The van der Waals surface area contributed by atoms with Gasteiger partial charge in [0.15, 0.2) is 0 Å². The summed E-state index contributed by atoms with van der Waals surface area (Å²) in [4.78, 5) is 11.9. The first kappa shape index (κ1) is 16.4. The standard InChI is InChI=1S/C15H20Cl2N2O2/c1-9(13-5-3-11(16)7-14(13)17)19-15(21)18-8-10-2-4-12(20)6-10/h3,5,7,9-10,12,20H,2,4,6,8H2,1H3,(H2,18,19,21)/t9-,10+,12-/m0/s1. The molecule has 1 aliphatic rings. The molecule has 1 aromatic carbocycles. The Bertz CT molecular complexity index is 510. The van der Waals surface area contributed by atoms with Crippen LogP contribution in [0.2, 0.25) is 10.0 Å². The Labute approximate surface area is 134 Å². The number of rotatable bonds is 4. The van der Waals surface area contributed by atoms with E-state index in [0.29, 0.717) is 22.5 Å². The molecule has 2 rings (SSSR count). The predicted molar refractivity (Wildman–Crippen MR) is 84.8 cm³/mol. The van der Waals surface area contributed by atoms with E-state index in [1.165, 1.54) is 0 Å². The molecule has 0 heterocycles. The van der Waals surface area contributed by atoms with E-state index in [0.717, 1.165) is 24.8 Å². The first-order valence-corrected chi connectivity index (χ1v) is 7.88. The zero-order valence-electron chi connectivity index (χ0n) is 11.9. The summed E-state index contributed by atoms with van der Waals surface area (Å²) in [5, 5.41) is 16.3. The van der Waals surface area contributed by atoms with Crippen LogP contribution in [0.15, 0.2) is 18.2 Å². The summed E-state index contributed by atoms with van der Waals surface area (Å²) in [7, 11) is 0. The number of aliphatic hydroxyl groups excluding tert-OH is 1. The summed E-state index contributed by atoms with van der Waals surface area (Å²) in [6.45, 7) is 2.46. The highest BCUT2D eigenvalue weighted by atomic mass is 35.5. The van der Waals surface area contributed by atoms with Crippen LogP contribution < -0.4 is 10.6 Å². The fourth-order valence-corrected chi connectivity index (χ4v) is 3.22. The fourth-order valence-electron chi connectivity index (χ4n) is 2.65. The molecular weight excluding hydrogens is 311 g/mol. The van der Waals surface area contributed by atoms with Crippen molar-refractivity contribution >= 4 is 29.2 Å². The summed E-state index contributed by atoms with van der Waals surface area (Å²) in [5.74, 6) is 0.361. The molecule has 0 spiro atoms. The molecule has 3 atom stereocenters. The maximum Gasteiger partial charge on any atom is 0.315 e. The van der Waals surface area contributed by atoms with Crippen molar-refractivity contribution in [2.75, 3.05) is 6.54 Å². The highest BCUT2D eigenvalue weighted by Gasteiger charge is 2.23. The van der Waals surface area contributed by atoms with Gasteiger partial charge in [-0.3, -0.25) is 0 Å². The van der Waals surface area contributed by atoms with Crippen molar-refractivity contribution in [2.24, 2.45) is 5.92 Å². The van der Waals surface area contributed by atoms with Crippen molar-refractivity contribution in [1.29, 1.82) is 0 Å². The first-order chi connectivity index (χ1) is 9.95. The second-order valence-electron chi connectivity index (χ2n) is 5.57. The molecule has 1 aliphatic carbocycles. The van der Waals surface area contributed by atoms with E-state index in [1.54, 1.807) is 12.1 Å². The van der Waals surface area contributed by atoms with Gasteiger partial charge in [-0.05, 0) is 49.8 Å². The maximum absolute atomic E-state index is 11.9. The Hall–Kier alpha value is -0.970. The molecule has 3 N–H and O–H groups in total. The number of benzene rings is 1. The molecule has 1 aromatic rings. The lowest BCUT2D eigenvalue weighted by atomic mass is 10.1. The Morgan fingerprint density at radius 3 is 2.81 bits per heavy atom. The minimum Gasteiger partial charge on any atom is -0.393 e. The number of urea groups is 1. The van der Waals surface area contributed by atoms with Gasteiger partial charge in [0.2, 0.25) is 0 Å². The normalized spacial score (nSPS) is 22.9. The molecule has 21 heavy (non-hydrogen) atoms. The van der Waals surface area contributed by atoms with Crippen molar-refractivity contribution in [3.8, 4) is 0 Å². The minimum absolute atomic E-state index is 0.205. The Morgan fingerprint density at radius 1 is 1.43 bits per heavy atom. The van der Waals surface area contributed by atoms with E-state index in [1.807, 2.05) is 13.0 Å². The van der Waals surface area contributed by atoms with Gasteiger partial charge in [-0.25, -0.2) is 4.79 Å². The molecule has 4 nitrogen and oxygen atoms in total. The van der Waals surface area contributed by atoms with Gasteiger partial charge in [-0.15, -0.1) is 0 Å². The van der Waals surface area contributed by atoms with Crippen molar-refractivity contribution in [3.63, 3.8) is 0 Å². The van der Waals surface area contributed by atoms with Gasteiger partial charge in [0.1, 0.15) is 0 Å². The average Bonchev–Trinajstić information content (AvgIpc) is 2.82. The van der Waals surface area contributed by atoms with Gasteiger partial charge in [-0.1, -0.05) is 29.3 Å². The molecule has 1 fully saturated rings. The molecule has 6 heteroatoms. The van der Waals surface area contributed by atoms with E-state index < -0.39 is 0 Å². The third kappa shape index (κ3) is 4.77. The SMILES string of the molecule is C[C@H](NC(=O)NC[C@@H]1CC[C@H](O)C1)c1ccc(Cl)cc1Cl. The highest BCUT2D eigenvalue weighted by Crippen LogP contribution is 2.26. The summed E-state index contributed by atoms with van der Waals surface area (Å²) in [5.41, 5.74) is 0.826. The number of hydrogen-bond donors (Lipinski definition) is 3. The molecule has 116 valence electrons. The first-order valence-electron chi connectivity index (χ1n) is 7.13. The van der Waals surface area contributed by atoms with Gasteiger partial charge in [0.05, 0.1) is 12.1 Å². The third-order valence-corrected chi connectivity index (χ3v) is 4.40. The lowest BCUT2D eigenvalue weighted by molar-refractivity contribution is 0.177. The van der Waals surface area contributed by atoms with Gasteiger partial charge in [-0.2, -0.15) is 0 Å². The number of hydrogen-bond acceptors (Lipinski definition) is 2. The quantitative estimate of drug-likeness (QED) is 0.791. The monoisotopic (exact) mass is 330 g/mol. The third-order valence-electron chi connectivity index (χ3n) is 3.84. The molecule has 0 saturated heterocycles. The van der Waals surface area contributed by atoms with E-state index in [-0.39, 0.29) is 18.2 Å². The van der Waals surface area contributed by atoms with E-state index >= 15 is 0 Å². The predicted octanol–water partition coefficient (Wildman–Crippen LogP) is 3.51. The van der Waals surface area contributed by atoms with Crippen molar-refractivity contribution in [1.82, 2.24) is 10.6 Å². The van der Waals surface area contributed by atoms with Crippen molar-refractivity contribution < 1.29 is 9.90 Å². The van der Waals surface area contributed by atoms with E-state index in [2.05, 4.69) is 10.6 Å². The van der Waals surface area contributed by atoms with Crippen LogP contribution in [0.25, 0.3) is 0 Å². The molecule has 0 aliphatic heterocycles. The summed E-state index contributed by atoms with van der Waals surface area (Å²) in [6.07, 6.45) is 2.33. The number of aliphatic hydroxyl groups is 1. The second kappa shape index (κ2) is 7.34. The average molecular weight is 331 g/mol. The zero-order chi connectivity index (χ0) is 15.4. The topological polar surface area (TPSA) is 61.4 Å². The summed E-state index contributed by atoms with van der Waals surface area (Å²) >= 11 is 12.0. The number of carbonyl (C=O) groups is 1. The lowest BCUT2D eigenvalue weighted by Gasteiger charge is -2.17. The number of carbonyl (C=O) groups excluding carboxylic acids is 1. The van der Waals surface area contributed by atoms with Crippen LogP contribution in [-0.4, -0.2) is 23.8 Å². The molecular formula is C15H20Cl2N2O2. The van der Waals surface area contributed by atoms with E-state index in [9.17, 15) is 9.90 Å². The Balaban J connectivity index is 1.81. The largest absolute Gasteiger partial charge is 0.393 e. The molecule has 1 saturated carbocycles. The van der Waals surface area contributed by atoms with Crippen LogP contribution in [0.3, 0.4) is 0 Å². The smallest absolute Gasteiger partial charge is 0.315 e. The van der Waals surface area contributed by atoms with Gasteiger partial charge < -0.3 is 15.7 Å². The minimum atomic E-state index is -0.227. The lowest BCUT2D eigenvalue weighted by Crippen LogP contribution is -2.39. The van der Waals surface area contributed by atoms with Crippen LogP contribution in [0.4, 0.5) is 4.79 Å². The second-order valence-corrected chi connectivity index (χ2v) is 6.42. The highest BCUT2D eigenvalue weighted by molar-refractivity contribution is 6.35. The van der Waals surface area contributed by atoms with Crippen LogP contribution in [0.5, 0.6) is 0 Å². The molecule has 0 radical (unpaired) electrons. The van der Waals surface area contributed by atoms with Gasteiger partial charge in [0.25, 0.3) is 0 Å². The summed E-state index contributed by atoms with van der Waals surface area (Å²) < 4.78 is 0. The van der Waals surface area contributed by atoms with Crippen LogP contribution in [-0.2, 0) is 0 Å². The molecule has 0 unspecified atom stereocenters.